The standard InChI is InChI=1S/C23H22F3N5O2S/c1-11-14-6-7-31(21(14)29-10-28-11)22-19(33)18(32)17(34-22)5-3-12-2-4-13-9-15(23(24,25)26)20(27)30-16(13)8-12/h2,4,6-10,17-19,22,32-33H,3,5H2,1H3,(H2,27,30)/t17-,18-,19-,22-/m1/s1. The summed E-state index contributed by atoms with van der Waals surface area (Å²) in [4.78, 5) is 12.5. The summed E-state index contributed by atoms with van der Waals surface area (Å²) in [7, 11) is 0. The fraction of sp³-hybridized carbons (Fsp3) is 0.348. The zero-order valence-electron chi connectivity index (χ0n) is 18.1. The molecule has 11 heteroatoms. The van der Waals surface area contributed by atoms with Crippen molar-refractivity contribution < 1.29 is 23.4 Å². The van der Waals surface area contributed by atoms with E-state index in [2.05, 4.69) is 15.0 Å². The lowest BCUT2D eigenvalue weighted by molar-refractivity contribution is -0.137. The van der Waals surface area contributed by atoms with Gasteiger partial charge in [0.25, 0.3) is 0 Å². The first-order valence-electron chi connectivity index (χ1n) is 10.7. The zero-order valence-corrected chi connectivity index (χ0v) is 18.9. The Hall–Kier alpha value is -2.89. The van der Waals surface area contributed by atoms with E-state index in [1.165, 1.54) is 18.1 Å². The maximum absolute atomic E-state index is 13.1. The van der Waals surface area contributed by atoms with Crippen LogP contribution in [0.15, 0.2) is 42.9 Å². The summed E-state index contributed by atoms with van der Waals surface area (Å²) < 4.78 is 41.1. The molecular weight excluding hydrogens is 467 g/mol. The van der Waals surface area contributed by atoms with Crippen molar-refractivity contribution in [3.8, 4) is 0 Å². The van der Waals surface area contributed by atoms with E-state index < -0.39 is 35.1 Å². The highest BCUT2D eigenvalue weighted by molar-refractivity contribution is 8.00. The van der Waals surface area contributed by atoms with Gasteiger partial charge in [0.15, 0.2) is 0 Å². The number of hydrogen-bond acceptors (Lipinski definition) is 7. The first kappa shape index (κ1) is 22.9. The monoisotopic (exact) mass is 489 g/mol. The number of nitrogen functional groups attached to an aromatic ring is 1. The second-order valence-electron chi connectivity index (χ2n) is 8.45. The molecule has 178 valence electrons. The van der Waals surface area contributed by atoms with E-state index >= 15 is 0 Å². The summed E-state index contributed by atoms with van der Waals surface area (Å²) in [6.45, 7) is 1.89. The summed E-state index contributed by atoms with van der Waals surface area (Å²) in [6.07, 6.45) is -2.02. The second-order valence-corrected chi connectivity index (χ2v) is 9.81. The fourth-order valence-corrected chi connectivity index (χ4v) is 5.98. The van der Waals surface area contributed by atoms with Crippen LogP contribution in [-0.2, 0) is 12.6 Å². The average Bonchev–Trinajstić information content (AvgIpc) is 3.33. The molecule has 1 aliphatic rings. The first-order chi connectivity index (χ1) is 16.1. The van der Waals surface area contributed by atoms with Gasteiger partial charge in [0.05, 0.1) is 22.9 Å². The van der Waals surface area contributed by atoms with E-state index in [1.807, 2.05) is 23.8 Å². The van der Waals surface area contributed by atoms with Crippen LogP contribution in [0.3, 0.4) is 0 Å². The van der Waals surface area contributed by atoms with Crippen molar-refractivity contribution in [1.82, 2.24) is 19.5 Å². The van der Waals surface area contributed by atoms with E-state index in [4.69, 9.17) is 5.73 Å². The zero-order chi connectivity index (χ0) is 24.2. The number of aliphatic hydroxyl groups excluding tert-OH is 2. The molecule has 0 aliphatic carbocycles. The number of nitrogens with two attached hydrogens (primary N) is 1. The predicted octanol–water partition coefficient (Wildman–Crippen LogP) is 3.86. The van der Waals surface area contributed by atoms with E-state index in [1.54, 1.807) is 18.2 Å². The Morgan fingerprint density at radius 3 is 2.68 bits per heavy atom. The highest BCUT2D eigenvalue weighted by Crippen LogP contribution is 2.45. The summed E-state index contributed by atoms with van der Waals surface area (Å²) in [5.74, 6) is -0.553. The third-order valence-electron chi connectivity index (χ3n) is 6.25. The summed E-state index contributed by atoms with van der Waals surface area (Å²) >= 11 is 1.48. The predicted molar refractivity (Wildman–Crippen MR) is 124 cm³/mol. The number of aryl methyl sites for hydroxylation is 2. The van der Waals surface area contributed by atoms with E-state index in [0.717, 1.165) is 22.7 Å². The van der Waals surface area contributed by atoms with Crippen molar-refractivity contribution in [1.29, 1.82) is 0 Å². The third-order valence-corrected chi connectivity index (χ3v) is 7.90. The van der Waals surface area contributed by atoms with Crippen LogP contribution in [0, 0.1) is 6.92 Å². The normalized spacial score (nSPS) is 23.2. The van der Waals surface area contributed by atoms with Gasteiger partial charge in [-0.15, -0.1) is 11.8 Å². The molecule has 1 aromatic carbocycles. The molecule has 4 atom stereocenters. The number of anilines is 1. The molecule has 0 radical (unpaired) electrons. The van der Waals surface area contributed by atoms with Crippen LogP contribution < -0.4 is 5.73 Å². The fourth-order valence-electron chi connectivity index (χ4n) is 4.42. The summed E-state index contributed by atoms with van der Waals surface area (Å²) in [5.41, 5.74) is 7.37. The van der Waals surface area contributed by atoms with Crippen molar-refractivity contribution in [2.45, 2.75) is 48.8 Å². The van der Waals surface area contributed by atoms with Crippen molar-refractivity contribution in [2.24, 2.45) is 0 Å². The molecule has 7 nitrogen and oxygen atoms in total. The number of benzene rings is 1. The van der Waals surface area contributed by atoms with Crippen molar-refractivity contribution in [3.05, 3.63) is 59.7 Å². The Morgan fingerprint density at radius 2 is 1.91 bits per heavy atom. The third kappa shape index (κ3) is 3.97. The number of thioether (sulfide) groups is 1. The van der Waals surface area contributed by atoms with E-state index in [9.17, 15) is 23.4 Å². The van der Waals surface area contributed by atoms with Crippen molar-refractivity contribution in [2.75, 3.05) is 5.73 Å². The van der Waals surface area contributed by atoms with Crippen LogP contribution in [0.5, 0.6) is 0 Å². The van der Waals surface area contributed by atoms with Gasteiger partial charge in [0.1, 0.15) is 29.3 Å². The molecule has 5 rings (SSSR count). The van der Waals surface area contributed by atoms with Crippen LogP contribution in [-0.4, -0.2) is 47.2 Å². The Morgan fingerprint density at radius 1 is 1.12 bits per heavy atom. The Labute approximate surface area is 196 Å². The molecule has 4 aromatic rings. The van der Waals surface area contributed by atoms with Gasteiger partial charge in [-0.1, -0.05) is 12.1 Å². The Bertz CT molecular complexity index is 1380. The SMILES string of the molecule is Cc1ncnc2c1ccn2[C@@H]1S[C@H](CCc2ccc3cc(C(F)(F)F)c(N)nc3c2)[C@@H](O)[C@H]1O. The quantitative estimate of drug-likeness (QED) is 0.399. The van der Waals surface area contributed by atoms with Crippen molar-refractivity contribution in [3.63, 3.8) is 0 Å². The number of aromatic nitrogens is 4. The molecule has 0 saturated carbocycles. The van der Waals surface area contributed by atoms with E-state index in [0.29, 0.717) is 29.4 Å². The minimum atomic E-state index is -4.56. The molecular formula is C23H22F3N5O2S. The lowest BCUT2D eigenvalue weighted by atomic mass is 10.0. The molecule has 1 fully saturated rings. The molecule has 4 heterocycles. The van der Waals surface area contributed by atoms with Crippen LogP contribution >= 0.6 is 11.8 Å². The number of halogens is 3. The van der Waals surface area contributed by atoms with E-state index in [-0.39, 0.29) is 5.25 Å². The Balaban J connectivity index is 1.33. The smallest absolute Gasteiger partial charge is 0.389 e. The van der Waals surface area contributed by atoms with Gasteiger partial charge >= 0.3 is 6.18 Å². The lowest BCUT2D eigenvalue weighted by Gasteiger charge is -2.17. The summed E-state index contributed by atoms with van der Waals surface area (Å²) in [5, 5.41) is 22.0. The molecule has 0 amide bonds. The van der Waals surface area contributed by atoms with Gasteiger partial charge in [-0.25, -0.2) is 15.0 Å². The molecule has 1 saturated heterocycles. The largest absolute Gasteiger partial charge is 0.419 e. The second kappa shape index (κ2) is 8.40. The number of fused-ring (bicyclic) bond motifs is 2. The lowest BCUT2D eigenvalue weighted by Crippen LogP contribution is -2.31. The average molecular weight is 490 g/mol. The molecule has 4 N–H and O–H groups in total. The first-order valence-corrected chi connectivity index (χ1v) is 11.6. The minimum absolute atomic E-state index is 0.235. The van der Waals surface area contributed by atoms with Gasteiger partial charge < -0.3 is 20.5 Å². The molecule has 0 bridgehead atoms. The van der Waals surface area contributed by atoms with Gasteiger partial charge in [-0.3, -0.25) is 0 Å². The molecule has 0 spiro atoms. The minimum Gasteiger partial charge on any atom is -0.389 e. The molecule has 1 aliphatic heterocycles. The maximum Gasteiger partial charge on any atom is 0.419 e. The number of alkyl halides is 3. The van der Waals surface area contributed by atoms with Crippen LogP contribution in [0.4, 0.5) is 19.0 Å². The number of aliphatic hydroxyl groups is 2. The molecule has 34 heavy (non-hydrogen) atoms. The van der Waals surface area contributed by atoms with Crippen molar-refractivity contribution >= 4 is 39.5 Å². The van der Waals surface area contributed by atoms with Gasteiger partial charge in [0.2, 0.25) is 0 Å². The highest BCUT2D eigenvalue weighted by Gasteiger charge is 2.43. The molecule has 3 aromatic heterocycles. The van der Waals surface area contributed by atoms with Gasteiger partial charge in [0, 0.05) is 22.2 Å². The number of pyridine rings is 1. The number of hydrogen-bond donors (Lipinski definition) is 3. The molecule has 0 unspecified atom stereocenters. The summed E-state index contributed by atoms with van der Waals surface area (Å²) in [6, 6.07) is 7.96. The Kier molecular flexibility index (Phi) is 5.65. The van der Waals surface area contributed by atoms with Crippen LogP contribution in [0.1, 0.15) is 28.6 Å². The topological polar surface area (TPSA) is 110 Å². The number of rotatable bonds is 4. The van der Waals surface area contributed by atoms with Crippen LogP contribution in [0.25, 0.3) is 21.9 Å². The number of nitrogens with zero attached hydrogens (tertiary/aromatic N) is 4. The van der Waals surface area contributed by atoms with Crippen LogP contribution in [0.2, 0.25) is 0 Å². The highest BCUT2D eigenvalue weighted by atomic mass is 32.2. The maximum atomic E-state index is 13.1. The van der Waals surface area contributed by atoms with Gasteiger partial charge in [-0.2, -0.15) is 13.2 Å². The van der Waals surface area contributed by atoms with Gasteiger partial charge in [-0.05, 0) is 43.5 Å².